The van der Waals surface area contributed by atoms with Crippen molar-refractivity contribution < 1.29 is 14.3 Å². The van der Waals surface area contributed by atoms with Crippen LogP contribution < -0.4 is 9.64 Å². The molecule has 0 amide bonds. The van der Waals surface area contributed by atoms with Gasteiger partial charge in [-0.05, 0) is 66.6 Å². The minimum atomic E-state index is -0.470. The first-order chi connectivity index (χ1) is 16.5. The number of hydrogen-bond acceptors (Lipinski definition) is 6. The van der Waals surface area contributed by atoms with Gasteiger partial charge in [-0.1, -0.05) is 41.1 Å². The van der Waals surface area contributed by atoms with E-state index in [0.717, 1.165) is 34.3 Å². The van der Waals surface area contributed by atoms with Crippen molar-refractivity contribution >= 4 is 34.0 Å². The highest BCUT2D eigenvalue weighted by Gasteiger charge is 2.23. The van der Waals surface area contributed by atoms with Gasteiger partial charge in [0.2, 0.25) is 0 Å². The van der Waals surface area contributed by atoms with Gasteiger partial charge in [0.25, 0.3) is 0 Å². The quantitative estimate of drug-likeness (QED) is 0.302. The summed E-state index contributed by atoms with van der Waals surface area (Å²) in [4.78, 5) is 14.8. The number of methoxy groups -OCH3 is 1. The number of fused-ring (bicyclic) bond motifs is 1. The van der Waals surface area contributed by atoms with E-state index in [1.807, 2.05) is 42.5 Å². The maximum absolute atomic E-state index is 12.6. The highest BCUT2D eigenvalue weighted by molar-refractivity contribution is 6.31. The summed E-state index contributed by atoms with van der Waals surface area (Å²) in [5.41, 5.74) is 2.99. The van der Waals surface area contributed by atoms with Crippen LogP contribution in [0, 0.1) is 0 Å². The number of hydrogen-bond donors (Lipinski definition) is 0. The molecule has 0 bridgehead atoms. The van der Waals surface area contributed by atoms with Gasteiger partial charge >= 0.3 is 5.97 Å². The van der Waals surface area contributed by atoms with Crippen LogP contribution in [0.1, 0.15) is 35.6 Å². The van der Waals surface area contributed by atoms with Gasteiger partial charge in [0.1, 0.15) is 5.75 Å². The predicted molar refractivity (Wildman–Crippen MR) is 134 cm³/mol. The molecule has 0 radical (unpaired) electrons. The van der Waals surface area contributed by atoms with Crippen molar-refractivity contribution in [2.24, 2.45) is 0 Å². The maximum atomic E-state index is 12.6. The highest BCUT2D eigenvalue weighted by atomic mass is 35.5. The van der Waals surface area contributed by atoms with E-state index in [0.29, 0.717) is 23.8 Å². The van der Waals surface area contributed by atoms with E-state index in [4.69, 9.17) is 21.1 Å². The van der Waals surface area contributed by atoms with Crippen LogP contribution in [0.4, 0.5) is 5.69 Å². The molecule has 8 heteroatoms. The van der Waals surface area contributed by atoms with Crippen molar-refractivity contribution in [1.29, 1.82) is 0 Å². The molecule has 0 saturated heterocycles. The fourth-order valence-electron chi connectivity index (χ4n) is 3.85. The van der Waals surface area contributed by atoms with Crippen LogP contribution in [0.3, 0.4) is 0 Å². The molecular formula is C26H27ClN4O3. The zero-order valence-electron chi connectivity index (χ0n) is 19.5. The molecule has 0 atom stereocenters. The first kappa shape index (κ1) is 23.6. The highest BCUT2D eigenvalue weighted by Crippen LogP contribution is 2.26. The Morgan fingerprint density at radius 3 is 2.47 bits per heavy atom. The second kappa shape index (κ2) is 10.6. The van der Waals surface area contributed by atoms with E-state index >= 15 is 0 Å². The topological polar surface area (TPSA) is 69.5 Å². The third-order valence-electron chi connectivity index (χ3n) is 5.67. The number of anilines is 1. The first-order valence-corrected chi connectivity index (χ1v) is 11.6. The number of aromatic nitrogens is 3. The Balaban J connectivity index is 1.67. The van der Waals surface area contributed by atoms with E-state index in [9.17, 15) is 4.79 Å². The lowest BCUT2D eigenvalue weighted by atomic mass is 10.1. The molecule has 0 saturated carbocycles. The summed E-state index contributed by atoms with van der Waals surface area (Å²) in [6.07, 6.45) is 0. The molecule has 4 aromatic rings. The van der Waals surface area contributed by atoms with Gasteiger partial charge in [0.05, 0.1) is 32.5 Å². The van der Waals surface area contributed by atoms with Crippen LogP contribution in [-0.2, 0) is 17.8 Å². The van der Waals surface area contributed by atoms with Crippen LogP contribution in [0.15, 0.2) is 60.7 Å². The van der Waals surface area contributed by atoms with Crippen LogP contribution >= 0.6 is 11.6 Å². The Labute approximate surface area is 203 Å². The van der Waals surface area contributed by atoms with Crippen molar-refractivity contribution in [1.82, 2.24) is 15.0 Å². The van der Waals surface area contributed by atoms with Gasteiger partial charge in [0, 0.05) is 17.3 Å². The number of carbonyl (C=O) groups excluding carboxylic acids is 1. The number of rotatable bonds is 9. The molecule has 1 heterocycles. The molecule has 0 N–H and O–H groups in total. The number of benzene rings is 3. The molecule has 4 rings (SSSR count). The predicted octanol–water partition coefficient (Wildman–Crippen LogP) is 5.34. The molecule has 0 aliphatic rings. The lowest BCUT2D eigenvalue weighted by Crippen LogP contribution is -2.26. The molecule has 0 aliphatic heterocycles. The van der Waals surface area contributed by atoms with Crippen molar-refractivity contribution in [3.63, 3.8) is 0 Å². The lowest BCUT2D eigenvalue weighted by Gasteiger charge is -2.24. The van der Waals surface area contributed by atoms with Crippen molar-refractivity contribution in [3.05, 3.63) is 82.6 Å². The molecule has 0 spiro atoms. The molecule has 0 unspecified atom stereocenters. The largest absolute Gasteiger partial charge is 0.497 e. The Morgan fingerprint density at radius 1 is 1.03 bits per heavy atom. The van der Waals surface area contributed by atoms with Gasteiger partial charge in [-0.3, -0.25) is 0 Å². The standard InChI is InChI=1S/C26H27ClN4O3/c1-4-30(22-11-9-19-14-21(27)10-8-20(19)15-22)17-24-25(26(32)34-5-2)28-29-31(24)16-18-6-12-23(33-3)13-7-18/h6-15H,4-5,16-17H2,1-3H3. The van der Waals surface area contributed by atoms with Crippen LogP contribution in [0.2, 0.25) is 5.02 Å². The number of halogens is 1. The Kier molecular flexibility index (Phi) is 7.33. The number of nitrogens with zero attached hydrogens (tertiary/aromatic N) is 4. The molecule has 7 nitrogen and oxygen atoms in total. The maximum Gasteiger partial charge on any atom is 0.360 e. The molecule has 3 aromatic carbocycles. The molecule has 34 heavy (non-hydrogen) atoms. The van der Waals surface area contributed by atoms with E-state index in [1.54, 1.807) is 18.7 Å². The van der Waals surface area contributed by atoms with Crippen LogP contribution in [0.25, 0.3) is 10.8 Å². The van der Waals surface area contributed by atoms with Gasteiger partial charge in [-0.25, -0.2) is 9.48 Å². The van der Waals surface area contributed by atoms with Crippen molar-refractivity contribution in [2.45, 2.75) is 26.9 Å². The third-order valence-corrected chi connectivity index (χ3v) is 5.91. The average molecular weight is 479 g/mol. The third kappa shape index (κ3) is 5.15. The lowest BCUT2D eigenvalue weighted by molar-refractivity contribution is 0.0518. The minimum absolute atomic E-state index is 0.237. The van der Waals surface area contributed by atoms with Gasteiger partial charge in [-0.15, -0.1) is 5.10 Å². The monoisotopic (exact) mass is 478 g/mol. The Bertz CT molecular complexity index is 1290. The summed E-state index contributed by atoms with van der Waals surface area (Å²) in [6.45, 7) is 5.78. The van der Waals surface area contributed by atoms with Gasteiger partial charge < -0.3 is 14.4 Å². The molecule has 0 aliphatic carbocycles. The first-order valence-electron chi connectivity index (χ1n) is 11.2. The molecule has 1 aromatic heterocycles. The van der Waals surface area contributed by atoms with Crippen molar-refractivity contribution in [2.75, 3.05) is 25.2 Å². The van der Waals surface area contributed by atoms with E-state index in [1.165, 1.54) is 0 Å². The van der Waals surface area contributed by atoms with E-state index in [-0.39, 0.29) is 12.3 Å². The van der Waals surface area contributed by atoms with E-state index < -0.39 is 5.97 Å². The molecular weight excluding hydrogens is 452 g/mol. The fraction of sp³-hybridized carbons (Fsp3) is 0.269. The zero-order valence-corrected chi connectivity index (χ0v) is 20.2. The summed E-state index contributed by atoms with van der Waals surface area (Å²) in [7, 11) is 1.64. The summed E-state index contributed by atoms with van der Waals surface area (Å²) < 4.78 is 12.3. The number of ether oxygens (including phenoxy) is 2. The van der Waals surface area contributed by atoms with Gasteiger partial charge in [-0.2, -0.15) is 0 Å². The zero-order chi connectivity index (χ0) is 24.1. The van der Waals surface area contributed by atoms with E-state index in [2.05, 4.69) is 40.3 Å². The molecule has 0 fully saturated rings. The smallest absolute Gasteiger partial charge is 0.360 e. The second-order valence-corrected chi connectivity index (χ2v) is 8.24. The summed E-state index contributed by atoms with van der Waals surface area (Å²) in [5.74, 6) is 0.312. The summed E-state index contributed by atoms with van der Waals surface area (Å²) in [6, 6.07) is 19.8. The second-order valence-electron chi connectivity index (χ2n) is 7.80. The summed E-state index contributed by atoms with van der Waals surface area (Å²) >= 11 is 6.14. The SMILES string of the molecule is CCOC(=O)c1nnn(Cc2ccc(OC)cc2)c1CN(CC)c1ccc2cc(Cl)ccc2c1. The number of esters is 1. The Morgan fingerprint density at radius 2 is 1.76 bits per heavy atom. The Hall–Kier alpha value is -3.58. The minimum Gasteiger partial charge on any atom is -0.497 e. The fourth-order valence-corrected chi connectivity index (χ4v) is 4.03. The average Bonchev–Trinajstić information content (AvgIpc) is 3.24. The summed E-state index contributed by atoms with van der Waals surface area (Å²) in [5, 5.41) is 11.3. The van der Waals surface area contributed by atoms with Crippen LogP contribution in [-0.4, -0.2) is 41.2 Å². The number of carbonyl (C=O) groups is 1. The molecule has 176 valence electrons. The van der Waals surface area contributed by atoms with Crippen molar-refractivity contribution in [3.8, 4) is 5.75 Å². The van der Waals surface area contributed by atoms with Gasteiger partial charge in [0.15, 0.2) is 5.69 Å². The normalized spacial score (nSPS) is 10.9. The van der Waals surface area contributed by atoms with Crippen LogP contribution in [0.5, 0.6) is 5.75 Å².